The first-order valence-electron chi connectivity index (χ1n) is 8.06. The highest BCUT2D eigenvalue weighted by molar-refractivity contribution is 6.01. The maximum Gasteiger partial charge on any atom is 0.261 e. The second kappa shape index (κ2) is 9.71. The number of rotatable bonds is 7. The van der Waals surface area contributed by atoms with E-state index >= 15 is 0 Å². The SMILES string of the molecule is COCCCNC(=O)/C(C#N)=C/c1ccc(N2CCOCC2)cc1. The summed E-state index contributed by atoms with van der Waals surface area (Å²) < 4.78 is 10.3. The predicted molar refractivity (Wildman–Crippen MR) is 92.6 cm³/mol. The quantitative estimate of drug-likeness (QED) is 0.467. The van der Waals surface area contributed by atoms with Crippen LogP contribution >= 0.6 is 0 Å². The number of nitrogens with one attached hydrogen (secondary N) is 1. The molecule has 6 heteroatoms. The van der Waals surface area contributed by atoms with Gasteiger partial charge >= 0.3 is 0 Å². The summed E-state index contributed by atoms with van der Waals surface area (Å²) in [5, 5.41) is 11.9. The molecule has 1 aromatic carbocycles. The smallest absolute Gasteiger partial charge is 0.261 e. The molecular weight excluding hydrogens is 306 g/mol. The summed E-state index contributed by atoms with van der Waals surface area (Å²) in [4.78, 5) is 14.2. The number of anilines is 1. The minimum absolute atomic E-state index is 0.103. The predicted octanol–water partition coefficient (Wildman–Crippen LogP) is 1.58. The van der Waals surface area contributed by atoms with Crippen molar-refractivity contribution in [2.24, 2.45) is 0 Å². The van der Waals surface area contributed by atoms with E-state index in [0.717, 1.165) is 44.0 Å². The molecule has 0 unspecified atom stereocenters. The van der Waals surface area contributed by atoms with Crippen LogP contribution in [0.2, 0.25) is 0 Å². The monoisotopic (exact) mass is 329 g/mol. The summed E-state index contributed by atoms with van der Waals surface area (Å²) in [6.45, 7) is 4.30. The van der Waals surface area contributed by atoms with Gasteiger partial charge in [-0.05, 0) is 30.2 Å². The summed E-state index contributed by atoms with van der Waals surface area (Å²) in [6, 6.07) is 9.80. The Morgan fingerprint density at radius 3 is 2.71 bits per heavy atom. The van der Waals surface area contributed by atoms with Gasteiger partial charge in [-0.3, -0.25) is 4.79 Å². The van der Waals surface area contributed by atoms with Gasteiger partial charge < -0.3 is 19.7 Å². The molecule has 1 fully saturated rings. The van der Waals surface area contributed by atoms with Crippen LogP contribution < -0.4 is 10.2 Å². The zero-order valence-electron chi connectivity index (χ0n) is 14.0. The van der Waals surface area contributed by atoms with E-state index in [4.69, 9.17) is 9.47 Å². The van der Waals surface area contributed by atoms with Crippen molar-refractivity contribution in [2.45, 2.75) is 6.42 Å². The Balaban J connectivity index is 1.97. The Labute approximate surface area is 142 Å². The molecule has 1 aliphatic heterocycles. The van der Waals surface area contributed by atoms with Crippen molar-refractivity contribution in [1.82, 2.24) is 5.32 Å². The van der Waals surface area contributed by atoms with Crippen LogP contribution in [-0.2, 0) is 14.3 Å². The molecule has 1 heterocycles. The number of nitrogens with zero attached hydrogens (tertiary/aromatic N) is 2. The van der Waals surface area contributed by atoms with Crippen molar-refractivity contribution < 1.29 is 14.3 Å². The average Bonchev–Trinajstić information content (AvgIpc) is 2.64. The highest BCUT2D eigenvalue weighted by atomic mass is 16.5. The Morgan fingerprint density at radius 2 is 2.08 bits per heavy atom. The zero-order chi connectivity index (χ0) is 17.2. The zero-order valence-corrected chi connectivity index (χ0v) is 14.0. The maximum atomic E-state index is 12.0. The molecule has 0 spiro atoms. The third-order valence-corrected chi connectivity index (χ3v) is 3.76. The Bertz CT molecular complexity index is 599. The molecule has 0 radical (unpaired) electrons. The first-order chi connectivity index (χ1) is 11.7. The van der Waals surface area contributed by atoms with Crippen LogP contribution in [0.1, 0.15) is 12.0 Å². The molecule has 1 aromatic rings. The van der Waals surface area contributed by atoms with Crippen LogP contribution in [0.4, 0.5) is 5.69 Å². The lowest BCUT2D eigenvalue weighted by Gasteiger charge is -2.28. The molecule has 0 aromatic heterocycles. The van der Waals surface area contributed by atoms with Crippen molar-refractivity contribution in [2.75, 3.05) is 51.5 Å². The van der Waals surface area contributed by atoms with Gasteiger partial charge in [-0.15, -0.1) is 0 Å². The molecule has 0 atom stereocenters. The number of nitriles is 1. The normalized spacial score (nSPS) is 15.0. The number of morpholine rings is 1. The highest BCUT2D eigenvalue weighted by Crippen LogP contribution is 2.18. The number of benzene rings is 1. The van der Waals surface area contributed by atoms with Crippen molar-refractivity contribution >= 4 is 17.7 Å². The van der Waals surface area contributed by atoms with E-state index in [1.54, 1.807) is 13.2 Å². The molecule has 1 amide bonds. The minimum Gasteiger partial charge on any atom is -0.385 e. The number of carbonyl (C=O) groups is 1. The standard InChI is InChI=1S/C18H23N3O3/c1-23-10-2-7-20-18(22)16(14-19)13-15-3-5-17(6-4-15)21-8-11-24-12-9-21/h3-6,13H,2,7-12H2,1H3,(H,20,22)/b16-13+. The lowest BCUT2D eigenvalue weighted by molar-refractivity contribution is -0.117. The lowest BCUT2D eigenvalue weighted by atomic mass is 10.1. The molecule has 0 aliphatic carbocycles. The third-order valence-electron chi connectivity index (χ3n) is 3.76. The van der Waals surface area contributed by atoms with E-state index in [9.17, 15) is 10.1 Å². The van der Waals surface area contributed by atoms with Gasteiger partial charge in [-0.25, -0.2) is 0 Å². The van der Waals surface area contributed by atoms with Crippen LogP contribution in [0, 0.1) is 11.3 Å². The third kappa shape index (κ3) is 5.37. The fourth-order valence-electron chi connectivity index (χ4n) is 2.43. The van der Waals surface area contributed by atoms with E-state index in [0.29, 0.717) is 13.2 Å². The Kier molecular flexibility index (Phi) is 7.27. The molecule has 24 heavy (non-hydrogen) atoms. The van der Waals surface area contributed by atoms with Gasteiger partial charge in [0.05, 0.1) is 13.2 Å². The minimum atomic E-state index is -0.356. The second-order valence-electron chi connectivity index (χ2n) is 5.46. The Hall–Kier alpha value is -2.36. The number of amides is 1. The van der Waals surface area contributed by atoms with E-state index < -0.39 is 0 Å². The summed E-state index contributed by atoms with van der Waals surface area (Å²) in [6.07, 6.45) is 2.32. The molecule has 1 saturated heterocycles. The van der Waals surface area contributed by atoms with Gasteiger partial charge in [0.1, 0.15) is 11.6 Å². The van der Waals surface area contributed by atoms with Gasteiger partial charge in [-0.1, -0.05) is 12.1 Å². The van der Waals surface area contributed by atoms with E-state index in [-0.39, 0.29) is 11.5 Å². The largest absolute Gasteiger partial charge is 0.385 e. The topological polar surface area (TPSA) is 74.6 Å². The van der Waals surface area contributed by atoms with Crippen LogP contribution in [0.5, 0.6) is 0 Å². The highest BCUT2D eigenvalue weighted by Gasteiger charge is 2.11. The van der Waals surface area contributed by atoms with Crippen LogP contribution in [0.3, 0.4) is 0 Å². The number of ether oxygens (including phenoxy) is 2. The maximum absolute atomic E-state index is 12.0. The number of carbonyl (C=O) groups excluding carboxylic acids is 1. The molecule has 1 N–H and O–H groups in total. The van der Waals surface area contributed by atoms with E-state index in [1.165, 1.54) is 0 Å². The van der Waals surface area contributed by atoms with E-state index in [1.807, 2.05) is 30.3 Å². The van der Waals surface area contributed by atoms with Crippen LogP contribution in [0.15, 0.2) is 29.8 Å². The number of methoxy groups -OCH3 is 1. The number of hydrogen-bond donors (Lipinski definition) is 1. The summed E-state index contributed by atoms with van der Waals surface area (Å²) in [5.74, 6) is -0.356. The fraction of sp³-hybridized carbons (Fsp3) is 0.444. The number of hydrogen-bond acceptors (Lipinski definition) is 5. The van der Waals surface area contributed by atoms with Gasteiger partial charge in [0.2, 0.25) is 0 Å². The average molecular weight is 329 g/mol. The van der Waals surface area contributed by atoms with Crippen molar-refractivity contribution in [3.05, 3.63) is 35.4 Å². The lowest BCUT2D eigenvalue weighted by Crippen LogP contribution is -2.36. The summed E-state index contributed by atoms with van der Waals surface area (Å²) >= 11 is 0. The van der Waals surface area contributed by atoms with Gasteiger partial charge in [0, 0.05) is 39.0 Å². The van der Waals surface area contributed by atoms with Gasteiger partial charge in [0.25, 0.3) is 5.91 Å². The van der Waals surface area contributed by atoms with Crippen molar-refractivity contribution in [3.8, 4) is 6.07 Å². The molecule has 1 aliphatic rings. The van der Waals surface area contributed by atoms with Gasteiger partial charge in [-0.2, -0.15) is 5.26 Å². The van der Waals surface area contributed by atoms with Gasteiger partial charge in [0.15, 0.2) is 0 Å². The van der Waals surface area contributed by atoms with E-state index in [2.05, 4.69) is 10.2 Å². The molecule has 0 saturated carbocycles. The summed E-state index contributed by atoms with van der Waals surface area (Å²) in [5.41, 5.74) is 2.06. The second-order valence-corrected chi connectivity index (χ2v) is 5.46. The molecule has 2 rings (SSSR count). The molecule has 0 bridgehead atoms. The summed E-state index contributed by atoms with van der Waals surface area (Å²) in [7, 11) is 1.61. The van der Waals surface area contributed by atoms with Crippen LogP contribution in [0.25, 0.3) is 6.08 Å². The van der Waals surface area contributed by atoms with Crippen LogP contribution in [-0.4, -0.2) is 52.5 Å². The first kappa shape index (κ1) is 18.0. The van der Waals surface area contributed by atoms with Crippen molar-refractivity contribution in [3.63, 3.8) is 0 Å². The Morgan fingerprint density at radius 1 is 1.38 bits per heavy atom. The van der Waals surface area contributed by atoms with Crippen molar-refractivity contribution in [1.29, 1.82) is 5.26 Å². The molecule has 128 valence electrons. The molecular formula is C18H23N3O3. The fourth-order valence-corrected chi connectivity index (χ4v) is 2.43. The molecule has 6 nitrogen and oxygen atoms in total. The first-order valence-corrected chi connectivity index (χ1v) is 8.06.